The third-order valence-corrected chi connectivity index (χ3v) is 2.94. The average Bonchev–Trinajstić information content (AvgIpc) is 2.42. The largest absolute Gasteiger partial charge is 0.368 e. The summed E-state index contributed by atoms with van der Waals surface area (Å²) in [7, 11) is 0. The van der Waals surface area contributed by atoms with E-state index in [4.69, 9.17) is 5.73 Å². The highest BCUT2D eigenvalue weighted by Gasteiger charge is 2.18. The third-order valence-electron chi connectivity index (χ3n) is 2.94. The topological polar surface area (TPSA) is 85.1 Å². The van der Waals surface area contributed by atoms with Crippen molar-refractivity contribution in [2.45, 2.75) is 45.1 Å². The lowest BCUT2D eigenvalue weighted by Gasteiger charge is -2.15. The highest BCUT2D eigenvalue weighted by Crippen LogP contribution is 2.06. The maximum Gasteiger partial charge on any atom is 0.252 e. The summed E-state index contributed by atoms with van der Waals surface area (Å²) in [5.74, 6) is -0.777. The van der Waals surface area contributed by atoms with Gasteiger partial charge in [-0.3, -0.25) is 14.6 Å². The molecule has 5 heteroatoms. The van der Waals surface area contributed by atoms with Crippen molar-refractivity contribution in [3.63, 3.8) is 0 Å². The second-order valence-electron chi connectivity index (χ2n) is 4.51. The fourth-order valence-corrected chi connectivity index (χ4v) is 1.81. The van der Waals surface area contributed by atoms with Gasteiger partial charge in [0.25, 0.3) is 5.91 Å². The lowest BCUT2D eigenvalue weighted by atomic mass is 10.1. The standard InChI is InChI=1S/C14H21N3O2/c1-2-3-4-5-6-12(13(15)18)17-14(19)11-7-9-16-10-8-11/h7-10,12H,2-6H2,1H3,(H2,15,18)(H,17,19)/t12-/m1/s1. The number of nitrogens with zero attached hydrogens (tertiary/aromatic N) is 1. The molecule has 0 aliphatic heterocycles. The zero-order valence-corrected chi connectivity index (χ0v) is 11.3. The molecule has 104 valence electrons. The number of hydrogen-bond donors (Lipinski definition) is 2. The van der Waals surface area contributed by atoms with Crippen LogP contribution in [0.1, 0.15) is 49.4 Å². The minimum Gasteiger partial charge on any atom is -0.368 e. The second-order valence-corrected chi connectivity index (χ2v) is 4.51. The Hall–Kier alpha value is -1.91. The lowest BCUT2D eigenvalue weighted by molar-refractivity contribution is -0.120. The number of nitrogens with one attached hydrogen (secondary N) is 1. The zero-order valence-electron chi connectivity index (χ0n) is 11.3. The van der Waals surface area contributed by atoms with Gasteiger partial charge in [-0.25, -0.2) is 0 Å². The van der Waals surface area contributed by atoms with E-state index in [0.717, 1.165) is 25.7 Å². The van der Waals surface area contributed by atoms with Gasteiger partial charge in [0.05, 0.1) is 0 Å². The Kier molecular flexibility index (Phi) is 6.57. The number of primary amides is 1. The van der Waals surface area contributed by atoms with Gasteiger partial charge in [0.15, 0.2) is 0 Å². The molecule has 1 heterocycles. The molecule has 3 N–H and O–H groups in total. The van der Waals surface area contributed by atoms with Crippen LogP contribution in [-0.4, -0.2) is 22.8 Å². The molecule has 1 rings (SSSR count). The molecule has 0 radical (unpaired) electrons. The van der Waals surface area contributed by atoms with E-state index in [1.165, 1.54) is 12.4 Å². The smallest absolute Gasteiger partial charge is 0.252 e. The first-order chi connectivity index (χ1) is 9.15. The van der Waals surface area contributed by atoms with Gasteiger partial charge in [-0.1, -0.05) is 32.6 Å². The minimum atomic E-state index is -0.600. The summed E-state index contributed by atoms with van der Waals surface area (Å²) in [6, 6.07) is 2.60. The molecular weight excluding hydrogens is 242 g/mol. The van der Waals surface area contributed by atoms with Crippen LogP contribution in [-0.2, 0) is 4.79 Å². The predicted octanol–water partition coefficient (Wildman–Crippen LogP) is 1.64. The van der Waals surface area contributed by atoms with E-state index >= 15 is 0 Å². The Morgan fingerprint density at radius 3 is 2.53 bits per heavy atom. The number of unbranched alkanes of at least 4 members (excludes halogenated alkanes) is 3. The molecule has 0 bridgehead atoms. The van der Waals surface area contributed by atoms with Crippen molar-refractivity contribution in [3.05, 3.63) is 30.1 Å². The second kappa shape index (κ2) is 8.24. The Balaban J connectivity index is 2.49. The fourth-order valence-electron chi connectivity index (χ4n) is 1.81. The molecule has 5 nitrogen and oxygen atoms in total. The van der Waals surface area contributed by atoms with Crippen molar-refractivity contribution >= 4 is 11.8 Å². The Bertz CT molecular complexity index is 406. The van der Waals surface area contributed by atoms with Gasteiger partial charge in [-0.2, -0.15) is 0 Å². The number of aromatic nitrogens is 1. The van der Waals surface area contributed by atoms with Crippen LogP contribution in [0.3, 0.4) is 0 Å². The summed E-state index contributed by atoms with van der Waals surface area (Å²) < 4.78 is 0. The van der Waals surface area contributed by atoms with Gasteiger partial charge in [0, 0.05) is 18.0 Å². The molecule has 1 aromatic heterocycles. The summed E-state index contributed by atoms with van der Waals surface area (Å²) in [4.78, 5) is 27.1. The number of carbonyl (C=O) groups is 2. The molecule has 0 saturated carbocycles. The van der Waals surface area contributed by atoms with E-state index in [9.17, 15) is 9.59 Å². The molecule has 0 aliphatic rings. The van der Waals surface area contributed by atoms with Crippen molar-refractivity contribution in [2.75, 3.05) is 0 Å². The molecule has 0 saturated heterocycles. The van der Waals surface area contributed by atoms with Crippen LogP contribution in [0.2, 0.25) is 0 Å². The summed E-state index contributed by atoms with van der Waals surface area (Å²) >= 11 is 0. The third kappa shape index (κ3) is 5.50. The predicted molar refractivity (Wildman–Crippen MR) is 73.4 cm³/mol. The van der Waals surface area contributed by atoms with Crippen molar-refractivity contribution < 1.29 is 9.59 Å². The van der Waals surface area contributed by atoms with E-state index in [1.807, 2.05) is 0 Å². The van der Waals surface area contributed by atoms with Gasteiger partial charge >= 0.3 is 0 Å². The van der Waals surface area contributed by atoms with Gasteiger partial charge in [-0.15, -0.1) is 0 Å². The van der Waals surface area contributed by atoms with Crippen molar-refractivity contribution in [2.24, 2.45) is 5.73 Å². The monoisotopic (exact) mass is 263 g/mol. The van der Waals surface area contributed by atoms with Crippen molar-refractivity contribution in [3.8, 4) is 0 Å². The van der Waals surface area contributed by atoms with Crippen LogP contribution < -0.4 is 11.1 Å². The summed E-state index contributed by atoms with van der Waals surface area (Å²) in [5.41, 5.74) is 5.79. The summed E-state index contributed by atoms with van der Waals surface area (Å²) in [5, 5.41) is 2.67. The fraction of sp³-hybridized carbons (Fsp3) is 0.500. The van der Waals surface area contributed by atoms with Gasteiger partial charge in [-0.05, 0) is 18.6 Å². The van der Waals surface area contributed by atoms with E-state index in [0.29, 0.717) is 12.0 Å². The van der Waals surface area contributed by atoms with E-state index in [1.54, 1.807) is 12.1 Å². The number of pyridine rings is 1. The Morgan fingerprint density at radius 1 is 1.26 bits per heavy atom. The number of amides is 2. The van der Waals surface area contributed by atoms with Crippen molar-refractivity contribution in [1.29, 1.82) is 0 Å². The number of carbonyl (C=O) groups excluding carboxylic acids is 2. The Morgan fingerprint density at radius 2 is 1.95 bits per heavy atom. The lowest BCUT2D eigenvalue weighted by Crippen LogP contribution is -2.44. The summed E-state index contributed by atoms with van der Waals surface area (Å²) in [6.07, 6.45) is 7.86. The summed E-state index contributed by atoms with van der Waals surface area (Å²) in [6.45, 7) is 2.12. The average molecular weight is 263 g/mol. The molecule has 0 aromatic carbocycles. The molecule has 1 aromatic rings. The van der Waals surface area contributed by atoms with Gasteiger partial charge in [0.1, 0.15) is 6.04 Å². The highest BCUT2D eigenvalue weighted by atomic mass is 16.2. The molecule has 0 unspecified atom stereocenters. The van der Waals surface area contributed by atoms with E-state index < -0.39 is 11.9 Å². The molecule has 0 spiro atoms. The van der Waals surface area contributed by atoms with Gasteiger partial charge < -0.3 is 11.1 Å². The normalized spacial score (nSPS) is 11.8. The van der Waals surface area contributed by atoms with Crippen LogP contribution in [0.4, 0.5) is 0 Å². The van der Waals surface area contributed by atoms with Crippen molar-refractivity contribution in [1.82, 2.24) is 10.3 Å². The molecule has 19 heavy (non-hydrogen) atoms. The first-order valence-electron chi connectivity index (χ1n) is 6.65. The highest BCUT2D eigenvalue weighted by molar-refractivity contribution is 5.97. The maximum atomic E-state index is 11.9. The number of hydrogen-bond acceptors (Lipinski definition) is 3. The molecule has 0 aliphatic carbocycles. The first-order valence-corrected chi connectivity index (χ1v) is 6.65. The van der Waals surface area contributed by atoms with Crippen LogP contribution in [0.25, 0.3) is 0 Å². The van der Waals surface area contributed by atoms with Crippen LogP contribution in [0.15, 0.2) is 24.5 Å². The molecule has 0 fully saturated rings. The maximum absolute atomic E-state index is 11.9. The molecule has 2 amide bonds. The van der Waals surface area contributed by atoms with Crippen LogP contribution in [0, 0.1) is 0 Å². The van der Waals surface area contributed by atoms with E-state index in [-0.39, 0.29) is 5.91 Å². The minimum absolute atomic E-state index is 0.290. The number of rotatable bonds is 8. The van der Waals surface area contributed by atoms with Crippen LogP contribution >= 0.6 is 0 Å². The van der Waals surface area contributed by atoms with Gasteiger partial charge in [0.2, 0.25) is 5.91 Å². The van der Waals surface area contributed by atoms with Crippen LogP contribution in [0.5, 0.6) is 0 Å². The first kappa shape index (κ1) is 15.1. The SMILES string of the molecule is CCCCCC[C@@H](NC(=O)c1ccncc1)C(N)=O. The quantitative estimate of drug-likeness (QED) is 0.699. The molecular formula is C14H21N3O2. The Labute approximate surface area is 113 Å². The zero-order chi connectivity index (χ0) is 14.1. The number of nitrogens with two attached hydrogens (primary N) is 1. The van der Waals surface area contributed by atoms with E-state index in [2.05, 4.69) is 17.2 Å². The molecule has 1 atom stereocenters.